The number of carbonyl (C=O) groups is 1. The molecule has 0 fully saturated rings. The van der Waals surface area contributed by atoms with E-state index in [4.69, 9.17) is 4.74 Å². The van der Waals surface area contributed by atoms with Gasteiger partial charge in [0.25, 0.3) is 5.91 Å². The lowest BCUT2D eigenvalue weighted by molar-refractivity contribution is -0.118. The Kier molecular flexibility index (Phi) is 4.90. The molecule has 2 aromatic carbocycles. The highest BCUT2D eigenvalue weighted by Gasteiger charge is 2.05. The molecule has 2 N–H and O–H groups in total. The lowest BCUT2D eigenvalue weighted by atomic mass is 10.1. The van der Waals surface area contributed by atoms with Gasteiger partial charge in [-0.2, -0.15) is 0 Å². The van der Waals surface area contributed by atoms with Gasteiger partial charge < -0.3 is 15.2 Å². The fraction of sp³-hybridized carbons (Fsp3) is 0.188. The molecule has 0 aliphatic rings. The molecular formula is C16H16FNO3. The highest BCUT2D eigenvalue weighted by atomic mass is 19.1. The van der Waals surface area contributed by atoms with Crippen molar-refractivity contribution in [2.75, 3.05) is 11.9 Å². The highest BCUT2D eigenvalue weighted by Crippen LogP contribution is 2.17. The van der Waals surface area contributed by atoms with Crippen molar-refractivity contribution >= 4 is 11.6 Å². The van der Waals surface area contributed by atoms with Crippen LogP contribution in [-0.2, 0) is 4.79 Å². The summed E-state index contributed by atoms with van der Waals surface area (Å²) < 4.78 is 18.3. The van der Waals surface area contributed by atoms with Crippen LogP contribution >= 0.6 is 0 Å². The molecule has 0 spiro atoms. The summed E-state index contributed by atoms with van der Waals surface area (Å²) in [6, 6.07) is 12.5. The van der Waals surface area contributed by atoms with Crippen LogP contribution < -0.4 is 10.1 Å². The van der Waals surface area contributed by atoms with Gasteiger partial charge >= 0.3 is 0 Å². The standard InChI is InChI=1S/C16H16FNO3/c1-11(19)12-5-7-15(8-6-12)21-10-16(20)18-14-4-2-3-13(17)9-14/h2-9,11,19H,10H2,1H3,(H,18,20)/t11-/m0/s1. The van der Waals surface area contributed by atoms with Crippen LogP contribution in [0.1, 0.15) is 18.6 Å². The van der Waals surface area contributed by atoms with Gasteiger partial charge in [0.1, 0.15) is 11.6 Å². The largest absolute Gasteiger partial charge is 0.484 e. The van der Waals surface area contributed by atoms with E-state index >= 15 is 0 Å². The SMILES string of the molecule is C[C@H](O)c1ccc(OCC(=O)Nc2cccc(F)c2)cc1. The Morgan fingerprint density at radius 1 is 1.29 bits per heavy atom. The summed E-state index contributed by atoms with van der Waals surface area (Å²) in [7, 11) is 0. The van der Waals surface area contributed by atoms with Crippen molar-refractivity contribution in [3.63, 3.8) is 0 Å². The van der Waals surface area contributed by atoms with Crippen LogP contribution in [0.25, 0.3) is 0 Å². The van der Waals surface area contributed by atoms with Crippen molar-refractivity contribution in [2.45, 2.75) is 13.0 Å². The maximum atomic E-state index is 13.0. The van der Waals surface area contributed by atoms with Crippen LogP contribution in [0.15, 0.2) is 48.5 Å². The Bertz CT molecular complexity index is 611. The van der Waals surface area contributed by atoms with Crippen LogP contribution in [0, 0.1) is 5.82 Å². The van der Waals surface area contributed by atoms with Crippen LogP contribution in [0.4, 0.5) is 10.1 Å². The van der Waals surface area contributed by atoms with Crippen molar-refractivity contribution in [1.82, 2.24) is 0 Å². The Labute approximate surface area is 122 Å². The number of anilines is 1. The first kappa shape index (κ1) is 15.0. The molecule has 0 unspecified atom stereocenters. The molecule has 2 rings (SSSR count). The van der Waals surface area contributed by atoms with E-state index in [9.17, 15) is 14.3 Å². The minimum absolute atomic E-state index is 0.176. The van der Waals surface area contributed by atoms with E-state index in [0.717, 1.165) is 5.56 Å². The van der Waals surface area contributed by atoms with Gasteiger partial charge in [0.05, 0.1) is 6.10 Å². The van der Waals surface area contributed by atoms with E-state index in [0.29, 0.717) is 11.4 Å². The number of amides is 1. The quantitative estimate of drug-likeness (QED) is 0.889. The molecule has 0 aliphatic heterocycles. The number of carbonyl (C=O) groups excluding carboxylic acids is 1. The number of aliphatic hydroxyl groups is 1. The minimum Gasteiger partial charge on any atom is -0.484 e. The third kappa shape index (κ3) is 4.57. The molecule has 5 heteroatoms. The molecule has 110 valence electrons. The Morgan fingerprint density at radius 2 is 2.00 bits per heavy atom. The molecule has 0 saturated heterocycles. The predicted molar refractivity (Wildman–Crippen MR) is 77.6 cm³/mol. The molecule has 0 radical (unpaired) electrons. The number of benzene rings is 2. The Balaban J connectivity index is 1.86. The molecule has 0 aromatic heterocycles. The number of ether oxygens (including phenoxy) is 1. The summed E-state index contributed by atoms with van der Waals surface area (Å²) in [5.74, 6) is -0.267. The van der Waals surface area contributed by atoms with Crippen molar-refractivity contribution in [1.29, 1.82) is 0 Å². The van der Waals surface area contributed by atoms with Crippen molar-refractivity contribution in [3.05, 3.63) is 59.9 Å². The molecule has 0 saturated carbocycles. The van der Waals surface area contributed by atoms with Gasteiger partial charge in [-0.05, 0) is 42.8 Å². The second-order valence-electron chi connectivity index (χ2n) is 4.59. The smallest absolute Gasteiger partial charge is 0.262 e. The fourth-order valence-electron chi connectivity index (χ4n) is 1.75. The van der Waals surface area contributed by atoms with Crippen LogP contribution in [0.5, 0.6) is 5.75 Å². The van der Waals surface area contributed by atoms with E-state index < -0.39 is 11.9 Å². The van der Waals surface area contributed by atoms with E-state index in [1.807, 2.05) is 0 Å². The molecule has 1 amide bonds. The van der Waals surface area contributed by atoms with E-state index in [1.54, 1.807) is 37.3 Å². The number of aliphatic hydroxyl groups excluding tert-OH is 1. The van der Waals surface area contributed by atoms with E-state index in [-0.39, 0.29) is 12.5 Å². The number of halogens is 1. The summed E-state index contributed by atoms with van der Waals surface area (Å²) in [6.07, 6.45) is -0.546. The van der Waals surface area contributed by atoms with Crippen molar-refractivity contribution in [3.8, 4) is 5.75 Å². The number of hydrogen-bond acceptors (Lipinski definition) is 3. The number of hydrogen-bond donors (Lipinski definition) is 2. The van der Waals surface area contributed by atoms with Gasteiger partial charge in [0.15, 0.2) is 6.61 Å². The molecular weight excluding hydrogens is 273 g/mol. The molecule has 21 heavy (non-hydrogen) atoms. The lowest BCUT2D eigenvalue weighted by Gasteiger charge is -2.09. The Morgan fingerprint density at radius 3 is 2.62 bits per heavy atom. The predicted octanol–water partition coefficient (Wildman–Crippen LogP) is 2.90. The lowest BCUT2D eigenvalue weighted by Crippen LogP contribution is -2.20. The minimum atomic E-state index is -0.546. The summed E-state index contributed by atoms with van der Waals surface area (Å²) in [5, 5.41) is 11.9. The maximum Gasteiger partial charge on any atom is 0.262 e. The zero-order valence-corrected chi connectivity index (χ0v) is 11.5. The summed E-state index contributed by atoms with van der Waals surface area (Å²) in [6.45, 7) is 1.49. The second kappa shape index (κ2) is 6.85. The van der Waals surface area contributed by atoms with Gasteiger partial charge in [-0.1, -0.05) is 18.2 Å². The van der Waals surface area contributed by atoms with Crippen molar-refractivity contribution < 1.29 is 19.0 Å². The summed E-state index contributed by atoms with van der Waals surface area (Å²) in [4.78, 5) is 11.7. The topological polar surface area (TPSA) is 58.6 Å². The van der Waals surface area contributed by atoms with Gasteiger partial charge in [-0.3, -0.25) is 4.79 Å². The summed E-state index contributed by atoms with van der Waals surface area (Å²) >= 11 is 0. The highest BCUT2D eigenvalue weighted by molar-refractivity contribution is 5.91. The average molecular weight is 289 g/mol. The molecule has 0 heterocycles. The normalized spacial score (nSPS) is 11.8. The van der Waals surface area contributed by atoms with Crippen LogP contribution in [0.3, 0.4) is 0 Å². The number of nitrogens with one attached hydrogen (secondary N) is 1. The average Bonchev–Trinajstić information content (AvgIpc) is 2.45. The second-order valence-corrected chi connectivity index (χ2v) is 4.59. The van der Waals surface area contributed by atoms with Gasteiger partial charge in [-0.15, -0.1) is 0 Å². The van der Waals surface area contributed by atoms with Gasteiger partial charge in [0, 0.05) is 5.69 Å². The monoisotopic (exact) mass is 289 g/mol. The fourth-order valence-corrected chi connectivity index (χ4v) is 1.75. The van der Waals surface area contributed by atoms with Crippen molar-refractivity contribution in [2.24, 2.45) is 0 Å². The first-order chi connectivity index (χ1) is 10.0. The van der Waals surface area contributed by atoms with Crippen LogP contribution in [0.2, 0.25) is 0 Å². The van der Waals surface area contributed by atoms with E-state index in [1.165, 1.54) is 18.2 Å². The van der Waals surface area contributed by atoms with Gasteiger partial charge in [-0.25, -0.2) is 4.39 Å². The third-order valence-corrected chi connectivity index (χ3v) is 2.84. The molecule has 2 aromatic rings. The number of rotatable bonds is 5. The van der Waals surface area contributed by atoms with Gasteiger partial charge in [0.2, 0.25) is 0 Å². The zero-order valence-electron chi connectivity index (χ0n) is 11.5. The molecule has 0 bridgehead atoms. The third-order valence-electron chi connectivity index (χ3n) is 2.84. The Hall–Kier alpha value is -2.40. The molecule has 1 atom stereocenters. The first-order valence-electron chi connectivity index (χ1n) is 6.51. The zero-order chi connectivity index (χ0) is 15.2. The maximum absolute atomic E-state index is 13.0. The molecule has 4 nitrogen and oxygen atoms in total. The molecule has 0 aliphatic carbocycles. The first-order valence-corrected chi connectivity index (χ1v) is 6.51. The van der Waals surface area contributed by atoms with Crippen LogP contribution in [-0.4, -0.2) is 17.6 Å². The van der Waals surface area contributed by atoms with E-state index in [2.05, 4.69) is 5.32 Å². The summed E-state index contributed by atoms with van der Waals surface area (Å²) in [5.41, 5.74) is 1.15.